The van der Waals surface area contributed by atoms with Gasteiger partial charge in [0.05, 0.1) is 0 Å². The predicted octanol–water partition coefficient (Wildman–Crippen LogP) is 2.46. The van der Waals surface area contributed by atoms with Crippen LogP contribution in [0.5, 0.6) is 11.5 Å². The second-order valence-corrected chi connectivity index (χ2v) is 4.54. The van der Waals surface area contributed by atoms with Crippen LogP contribution in [0.2, 0.25) is 0 Å². The molecule has 3 N–H and O–H groups in total. The first-order chi connectivity index (χ1) is 8.74. The number of rotatable bonds is 4. The van der Waals surface area contributed by atoms with E-state index >= 15 is 0 Å². The lowest BCUT2D eigenvalue weighted by Gasteiger charge is -2.35. The molecule has 2 rings (SSSR count). The molecule has 0 amide bonds. The highest BCUT2D eigenvalue weighted by Crippen LogP contribution is 2.37. The zero-order chi connectivity index (χ0) is 13.0. The summed E-state index contributed by atoms with van der Waals surface area (Å²) in [5.41, 5.74) is 0.775. The standard InChI is InChI=1S/C14H20N2O2.2ClH/c1-2-4-12(16-9-7-15-8-10-16)11-5-3-6-13(17)14(11)18;;/h2-3,5-6,12,15,17-18H,1,4,7-10H2;2*1H/t12-;;/m0../s1. The molecule has 0 spiro atoms. The van der Waals surface area contributed by atoms with Gasteiger partial charge in [0, 0.05) is 37.8 Å². The van der Waals surface area contributed by atoms with Crippen LogP contribution in [0.25, 0.3) is 0 Å². The average molecular weight is 321 g/mol. The van der Waals surface area contributed by atoms with Gasteiger partial charge in [0.25, 0.3) is 0 Å². The highest BCUT2D eigenvalue weighted by Gasteiger charge is 2.24. The van der Waals surface area contributed by atoms with Gasteiger partial charge in [-0.1, -0.05) is 18.2 Å². The third-order valence-electron chi connectivity index (χ3n) is 3.39. The van der Waals surface area contributed by atoms with E-state index in [1.54, 1.807) is 6.07 Å². The molecule has 20 heavy (non-hydrogen) atoms. The molecule has 1 saturated heterocycles. The molecule has 114 valence electrons. The third-order valence-corrected chi connectivity index (χ3v) is 3.39. The lowest BCUT2D eigenvalue weighted by atomic mass is 9.99. The first-order valence-corrected chi connectivity index (χ1v) is 6.30. The van der Waals surface area contributed by atoms with Gasteiger partial charge in [-0.3, -0.25) is 4.90 Å². The smallest absolute Gasteiger partial charge is 0.162 e. The van der Waals surface area contributed by atoms with Crippen molar-refractivity contribution >= 4 is 24.8 Å². The molecule has 1 heterocycles. The van der Waals surface area contributed by atoms with Crippen LogP contribution in [-0.2, 0) is 0 Å². The average Bonchev–Trinajstić information content (AvgIpc) is 2.41. The fourth-order valence-electron chi connectivity index (χ4n) is 2.44. The quantitative estimate of drug-likeness (QED) is 0.589. The molecule has 0 bridgehead atoms. The van der Waals surface area contributed by atoms with Crippen molar-refractivity contribution in [2.75, 3.05) is 26.2 Å². The summed E-state index contributed by atoms with van der Waals surface area (Å²) in [6.07, 6.45) is 2.62. The largest absolute Gasteiger partial charge is 0.504 e. The van der Waals surface area contributed by atoms with Gasteiger partial charge in [-0.05, 0) is 12.5 Å². The van der Waals surface area contributed by atoms with Crippen molar-refractivity contribution in [3.05, 3.63) is 36.4 Å². The number of benzene rings is 1. The van der Waals surface area contributed by atoms with Gasteiger partial charge >= 0.3 is 0 Å². The molecule has 6 heteroatoms. The number of aromatic hydroxyl groups is 2. The lowest BCUT2D eigenvalue weighted by Crippen LogP contribution is -2.45. The molecule has 1 aliphatic rings. The Kier molecular flexibility index (Phi) is 8.65. The van der Waals surface area contributed by atoms with Gasteiger partial charge in [0.2, 0.25) is 0 Å². The normalized spacial score (nSPS) is 16.6. The molecular weight excluding hydrogens is 299 g/mol. The number of hydrogen-bond acceptors (Lipinski definition) is 4. The Bertz CT molecular complexity index is 424. The summed E-state index contributed by atoms with van der Waals surface area (Å²) in [5, 5.41) is 22.9. The molecule has 1 aliphatic heterocycles. The number of halogens is 2. The summed E-state index contributed by atoms with van der Waals surface area (Å²) in [6, 6.07) is 5.21. The van der Waals surface area contributed by atoms with Crippen molar-refractivity contribution < 1.29 is 10.2 Å². The maximum absolute atomic E-state index is 10.00. The van der Waals surface area contributed by atoms with Crippen molar-refractivity contribution in [3.63, 3.8) is 0 Å². The molecule has 1 aromatic carbocycles. The van der Waals surface area contributed by atoms with E-state index in [1.807, 2.05) is 12.1 Å². The minimum absolute atomic E-state index is 0. The molecule has 4 nitrogen and oxygen atoms in total. The van der Waals surface area contributed by atoms with E-state index in [1.165, 1.54) is 6.07 Å². The number of para-hydroxylation sites is 1. The highest BCUT2D eigenvalue weighted by molar-refractivity contribution is 5.85. The molecule has 0 radical (unpaired) electrons. The number of nitrogens with one attached hydrogen (secondary N) is 1. The van der Waals surface area contributed by atoms with Crippen LogP contribution >= 0.6 is 24.8 Å². The number of hydrogen-bond donors (Lipinski definition) is 3. The van der Waals surface area contributed by atoms with Crippen LogP contribution in [0.4, 0.5) is 0 Å². The van der Waals surface area contributed by atoms with E-state index in [4.69, 9.17) is 0 Å². The molecule has 1 atom stereocenters. The highest BCUT2D eigenvalue weighted by atomic mass is 35.5. The monoisotopic (exact) mass is 320 g/mol. The zero-order valence-electron chi connectivity index (χ0n) is 11.3. The lowest BCUT2D eigenvalue weighted by molar-refractivity contribution is 0.171. The van der Waals surface area contributed by atoms with Gasteiger partial charge in [-0.25, -0.2) is 0 Å². The molecule has 0 saturated carbocycles. The van der Waals surface area contributed by atoms with Crippen LogP contribution in [0, 0.1) is 0 Å². The van der Waals surface area contributed by atoms with Crippen molar-refractivity contribution in [1.82, 2.24) is 10.2 Å². The molecule has 0 aromatic heterocycles. The van der Waals surface area contributed by atoms with Crippen molar-refractivity contribution in [2.45, 2.75) is 12.5 Å². The van der Waals surface area contributed by atoms with Gasteiger partial charge in [-0.15, -0.1) is 31.4 Å². The fraction of sp³-hybridized carbons (Fsp3) is 0.429. The van der Waals surface area contributed by atoms with Crippen LogP contribution in [-0.4, -0.2) is 41.3 Å². The summed E-state index contributed by atoms with van der Waals surface area (Å²) >= 11 is 0. The first-order valence-electron chi connectivity index (χ1n) is 6.30. The Morgan fingerprint density at radius 3 is 2.50 bits per heavy atom. The molecule has 1 fully saturated rings. The number of phenols is 2. The second-order valence-electron chi connectivity index (χ2n) is 4.54. The third kappa shape index (κ3) is 4.28. The summed E-state index contributed by atoms with van der Waals surface area (Å²) in [5.74, 6) is -0.0698. The molecule has 0 unspecified atom stereocenters. The van der Waals surface area contributed by atoms with E-state index in [9.17, 15) is 10.2 Å². The number of phenolic OH excluding ortho intramolecular Hbond substituents is 2. The molecule has 1 aromatic rings. The summed E-state index contributed by atoms with van der Waals surface area (Å²) < 4.78 is 0. The Labute approximate surface area is 132 Å². The maximum atomic E-state index is 10.00. The topological polar surface area (TPSA) is 55.7 Å². The summed E-state index contributed by atoms with van der Waals surface area (Å²) in [4.78, 5) is 2.31. The fourth-order valence-corrected chi connectivity index (χ4v) is 2.44. The van der Waals surface area contributed by atoms with Crippen LogP contribution < -0.4 is 5.32 Å². The van der Waals surface area contributed by atoms with E-state index in [-0.39, 0.29) is 42.4 Å². The first kappa shape index (κ1) is 19.1. The number of piperazine rings is 1. The van der Waals surface area contributed by atoms with E-state index in [0.717, 1.165) is 38.2 Å². The van der Waals surface area contributed by atoms with Gasteiger partial charge in [0.15, 0.2) is 11.5 Å². The van der Waals surface area contributed by atoms with Gasteiger partial charge in [-0.2, -0.15) is 0 Å². The summed E-state index contributed by atoms with van der Waals surface area (Å²) in [7, 11) is 0. The Hall–Kier alpha value is -0.940. The SMILES string of the molecule is C=CC[C@@H](c1cccc(O)c1O)N1CCNCC1.Cl.Cl. The van der Waals surface area contributed by atoms with Crippen molar-refractivity contribution in [3.8, 4) is 11.5 Å². The Morgan fingerprint density at radius 1 is 1.25 bits per heavy atom. The number of nitrogens with zero attached hydrogens (tertiary/aromatic N) is 1. The van der Waals surface area contributed by atoms with Crippen molar-refractivity contribution in [1.29, 1.82) is 0 Å². The van der Waals surface area contributed by atoms with E-state index < -0.39 is 0 Å². The van der Waals surface area contributed by atoms with Crippen LogP contribution in [0.1, 0.15) is 18.0 Å². The van der Waals surface area contributed by atoms with Crippen molar-refractivity contribution in [2.24, 2.45) is 0 Å². The molecule has 0 aliphatic carbocycles. The van der Waals surface area contributed by atoms with E-state index in [0.29, 0.717) is 0 Å². The Balaban J connectivity index is 0.00000180. The molecular formula is C14H22Cl2N2O2. The Morgan fingerprint density at radius 2 is 1.90 bits per heavy atom. The predicted molar refractivity (Wildman–Crippen MR) is 86.3 cm³/mol. The maximum Gasteiger partial charge on any atom is 0.162 e. The summed E-state index contributed by atoms with van der Waals surface area (Å²) in [6.45, 7) is 7.57. The van der Waals surface area contributed by atoms with E-state index in [2.05, 4.69) is 16.8 Å². The zero-order valence-corrected chi connectivity index (χ0v) is 12.9. The van der Waals surface area contributed by atoms with Gasteiger partial charge in [0.1, 0.15) is 0 Å². The minimum Gasteiger partial charge on any atom is -0.504 e. The van der Waals surface area contributed by atoms with Crippen LogP contribution in [0.15, 0.2) is 30.9 Å². The minimum atomic E-state index is -0.0586. The van der Waals surface area contributed by atoms with Gasteiger partial charge < -0.3 is 15.5 Å². The second kappa shape index (κ2) is 9.08. The van der Waals surface area contributed by atoms with Crippen LogP contribution in [0.3, 0.4) is 0 Å².